The van der Waals surface area contributed by atoms with Gasteiger partial charge in [0.15, 0.2) is 6.61 Å². The minimum absolute atomic E-state index is 0.0189. The number of nitrogens with one attached hydrogen (secondary N) is 1. The predicted octanol–water partition coefficient (Wildman–Crippen LogP) is 0.371. The van der Waals surface area contributed by atoms with Gasteiger partial charge in [0.05, 0.1) is 26.0 Å². The molecule has 1 fully saturated rings. The van der Waals surface area contributed by atoms with Crippen molar-refractivity contribution in [1.82, 2.24) is 10.3 Å². The summed E-state index contributed by atoms with van der Waals surface area (Å²) in [5, 5.41) is 12.3. The first kappa shape index (κ1) is 15.9. The summed E-state index contributed by atoms with van der Waals surface area (Å²) in [6, 6.07) is 8.98. The van der Waals surface area contributed by atoms with E-state index in [2.05, 4.69) is 10.5 Å². The van der Waals surface area contributed by atoms with Crippen LogP contribution in [0.5, 0.6) is 5.75 Å². The zero-order chi connectivity index (χ0) is 15.6. The summed E-state index contributed by atoms with van der Waals surface area (Å²) in [4.78, 5) is 13.7. The molecule has 1 aromatic rings. The standard InChI is InChI=1S/C15H18N4O3/c16-5-8-22-14-3-1-13(2-4-14)11-17-18-15(20)12-19-6-9-21-10-7-19/h1-4,11H,6-10,12H2,(H,18,20)/b17-11-. The monoisotopic (exact) mass is 302 g/mol. The SMILES string of the molecule is N#CCOc1ccc(/C=N\NC(=O)CN2CCOCC2)cc1. The van der Waals surface area contributed by atoms with Crippen LogP contribution in [0.15, 0.2) is 29.4 Å². The fourth-order valence-corrected chi connectivity index (χ4v) is 1.94. The smallest absolute Gasteiger partial charge is 0.254 e. The van der Waals surface area contributed by atoms with Gasteiger partial charge in [-0.2, -0.15) is 10.4 Å². The molecule has 0 atom stereocenters. The van der Waals surface area contributed by atoms with Crippen LogP contribution in [0.3, 0.4) is 0 Å². The molecule has 2 rings (SSSR count). The van der Waals surface area contributed by atoms with Crippen LogP contribution in [0, 0.1) is 11.3 Å². The maximum absolute atomic E-state index is 11.7. The zero-order valence-electron chi connectivity index (χ0n) is 12.2. The number of hydrazone groups is 1. The Hall–Kier alpha value is -2.43. The summed E-state index contributed by atoms with van der Waals surface area (Å²) in [5.41, 5.74) is 3.33. The summed E-state index contributed by atoms with van der Waals surface area (Å²) in [5.74, 6) is 0.474. The maximum atomic E-state index is 11.7. The van der Waals surface area contributed by atoms with E-state index in [1.807, 2.05) is 11.0 Å². The summed E-state index contributed by atoms with van der Waals surface area (Å²) in [7, 11) is 0. The van der Waals surface area contributed by atoms with Gasteiger partial charge in [0.25, 0.3) is 5.91 Å². The average molecular weight is 302 g/mol. The molecule has 7 heteroatoms. The third kappa shape index (κ3) is 5.52. The normalized spacial score (nSPS) is 15.4. The molecule has 1 aliphatic rings. The number of carbonyl (C=O) groups excluding carboxylic acids is 1. The van der Waals surface area contributed by atoms with E-state index in [4.69, 9.17) is 14.7 Å². The molecule has 22 heavy (non-hydrogen) atoms. The van der Waals surface area contributed by atoms with Gasteiger partial charge in [-0.25, -0.2) is 5.43 Å². The quantitative estimate of drug-likeness (QED) is 0.606. The number of nitrogens with zero attached hydrogens (tertiary/aromatic N) is 3. The second-order valence-corrected chi connectivity index (χ2v) is 4.70. The molecule has 116 valence electrons. The van der Waals surface area contributed by atoms with Crippen LogP contribution in [0.1, 0.15) is 5.56 Å². The first-order chi connectivity index (χ1) is 10.8. The lowest BCUT2D eigenvalue weighted by Gasteiger charge is -2.25. The lowest BCUT2D eigenvalue weighted by atomic mass is 10.2. The van der Waals surface area contributed by atoms with Crippen LogP contribution in [-0.4, -0.2) is 56.5 Å². The lowest BCUT2D eigenvalue weighted by molar-refractivity contribution is -0.123. The lowest BCUT2D eigenvalue weighted by Crippen LogP contribution is -2.42. The molecule has 0 saturated carbocycles. The molecule has 7 nitrogen and oxygen atoms in total. The van der Waals surface area contributed by atoms with Crippen molar-refractivity contribution in [3.63, 3.8) is 0 Å². The molecule has 1 amide bonds. The van der Waals surface area contributed by atoms with E-state index < -0.39 is 0 Å². The number of morpholine rings is 1. The molecule has 0 aliphatic carbocycles. The van der Waals surface area contributed by atoms with Crippen molar-refractivity contribution in [2.75, 3.05) is 39.5 Å². The highest BCUT2D eigenvalue weighted by molar-refractivity contribution is 5.83. The summed E-state index contributed by atoms with van der Waals surface area (Å²) >= 11 is 0. The van der Waals surface area contributed by atoms with Crippen molar-refractivity contribution in [1.29, 1.82) is 5.26 Å². The molecule has 1 aromatic carbocycles. The molecule has 1 aliphatic heterocycles. The van der Waals surface area contributed by atoms with Gasteiger partial charge in [-0.1, -0.05) is 0 Å². The fourth-order valence-electron chi connectivity index (χ4n) is 1.94. The molecule has 0 unspecified atom stereocenters. The van der Waals surface area contributed by atoms with Crippen LogP contribution < -0.4 is 10.2 Å². The highest BCUT2D eigenvalue weighted by Gasteiger charge is 2.13. The van der Waals surface area contributed by atoms with Crippen LogP contribution >= 0.6 is 0 Å². The predicted molar refractivity (Wildman–Crippen MR) is 80.5 cm³/mol. The second kappa shape index (κ2) is 8.77. The minimum atomic E-state index is -0.146. The number of hydrogen-bond donors (Lipinski definition) is 1. The van der Waals surface area contributed by atoms with E-state index in [1.54, 1.807) is 30.5 Å². The van der Waals surface area contributed by atoms with Gasteiger partial charge in [-0.05, 0) is 29.8 Å². The van der Waals surface area contributed by atoms with Gasteiger partial charge in [0.2, 0.25) is 0 Å². The molecule has 1 saturated heterocycles. The number of amides is 1. The third-order valence-corrected chi connectivity index (χ3v) is 3.06. The van der Waals surface area contributed by atoms with Crippen molar-refractivity contribution in [2.45, 2.75) is 0 Å². The topological polar surface area (TPSA) is 86.9 Å². The van der Waals surface area contributed by atoms with Gasteiger partial charge in [0, 0.05) is 13.1 Å². The molecule has 0 aromatic heterocycles. The van der Waals surface area contributed by atoms with Crippen molar-refractivity contribution in [2.24, 2.45) is 5.10 Å². The molecule has 0 spiro atoms. The van der Waals surface area contributed by atoms with Crippen molar-refractivity contribution in [3.8, 4) is 11.8 Å². The highest BCUT2D eigenvalue weighted by atomic mass is 16.5. The molecule has 0 bridgehead atoms. The van der Waals surface area contributed by atoms with Crippen molar-refractivity contribution >= 4 is 12.1 Å². The van der Waals surface area contributed by atoms with E-state index in [0.29, 0.717) is 25.5 Å². The van der Waals surface area contributed by atoms with Gasteiger partial charge in [-0.15, -0.1) is 0 Å². The summed E-state index contributed by atoms with van der Waals surface area (Å²) in [6.07, 6.45) is 1.56. The van der Waals surface area contributed by atoms with E-state index in [0.717, 1.165) is 18.7 Å². The second-order valence-electron chi connectivity index (χ2n) is 4.70. The first-order valence-corrected chi connectivity index (χ1v) is 7.00. The van der Waals surface area contributed by atoms with Crippen LogP contribution in [-0.2, 0) is 9.53 Å². The van der Waals surface area contributed by atoms with Crippen LogP contribution in [0.4, 0.5) is 0 Å². The average Bonchev–Trinajstić information content (AvgIpc) is 2.55. The number of rotatable bonds is 6. The first-order valence-electron chi connectivity index (χ1n) is 7.00. The number of ether oxygens (including phenoxy) is 2. The van der Waals surface area contributed by atoms with Crippen LogP contribution in [0.2, 0.25) is 0 Å². The van der Waals surface area contributed by atoms with Gasteiger partial charge >= 0.3 is 0 Å². The Kier molecular flexibility index (Phi) is 6.36. The van der Waals surface area contributed by atoms with Crippen molar-refractivity contribution in [3.05, 3.63) is 29.8 Å². The Morgan fingerprint density at radius 3 is 2.82 bits per heavy atom. The minimum Gasteiger partial charge on any atom is -0.479 e. The Balaban J connectivity index is 1.74. The molecule has 1 heterocycles. The maximum Gasteiger partial charge on any atom is 0.254 e. The molecular formula is C15H18N4O3. The van der Waals surface area contributed by atoms with E-state index in [-0.39, 0.29) is 12.5 Å². The largest absolute Gasteiger partial charge is 0.479 e. The van der Waals surface area contributed by atoms with Crippen LogP contribution in [0.25, 0.3) is 0 Å². The number of hydrogen-bond acceptors (Lipinski definition) is 6. The Morgan fingerprint density at radius 1 is 1.41 bits per heavy atom. The molecule has 0 radical (unpaired) electrons. The summed E-state index contributed by atoms with van der Waals surface area (Å²) in [6.45, 7) is 3.20. The Morgan fingerprint density at radius 2 is 2.14 bits per heavy atom. The Labute approximate surface area is 129 Å². The highest BCUT2D eigenvalue weighted by Crippen LogP contribution is 2.10. The molecule has 1 N–H and O–H groups in total. The summed E-state index contributed by atoms with van der Waals surface area (Å²) < 4.78 is 10.4. The number of nitriles is 1. The zero-order valence-corrected chi connectivity index (χ0v) is 12.2. The Bertz CT molecular complexity index is 545. The van der Waals surface area contributed by atoms with Gasteiger partial charge < -0.3 is 9.47 Å². The van der Waals surface area contributed by atoms with E-state index >= 15 is 0 Å². The van der Waals surface area contributed by atoms with Gasteiger partial charge in [0.1, 0.15) is 11.8 Å². The number of benzene rings is 1. The fraction of sp³-hybridized carbons (Fsp3) is 0.400. The van der Waals surface area contributed by atoms with E-state index in [9.17, 15) is 4.79 Å². The van der Waals surface area contributed by atoms with Gasteiger partial charge in [-0.3, -0.25) is 9.69 Å². The van der Waals surface area contributed by atoms with Crippen molar-refractivity contribution < 1.29 is 14.3 Å². The third-order valence-electron chi connectivity index (χ3n) is 3.06. The molecular weight excluding hydrogens is 284 g/mol. The number of carbonyl (C=O) groups is 1. The van der Waals surface area contributed by atoms with E-state index in [1.165, 1.54) is 0 Å².